The van der Waals surface area contributed by atoms with Gasteiger partial charge in [0.25, 0.3) is 5.91 Å². The van der Waals surface area contributed by atoms with Gasteiger partial charge in [-0.25, -0.2) is 0 Å². The highest BCUT2D eigenvalue weighted by Crippen LogP contribution is 2.43. The van der Waals surface area contributed by atoms with Gasteiger partial charge >= 0.3 is 0 Å². The van der Waals surface area contributed by atoms with E-state index >= 15 is 0 Å². The molecule has 3 saturated heterocycles. The first kappa shape index (κ1) is 32.0. The van der Waals surface area contributed by atoms with Gasteiger partial charge in [0.05, 0.1) is 31.0 Å². The number of piperidine rings is 1. The third-order valence-electron chi connectivity index (χ3n) is 10.0. The lowest BCUT2D eigenvalue weighted by Crippen LogP contribution is -2.57. The third-order valence-corrected chi connectivity index (χ3v) is 10.0. The van der Waals surface area contributed by atoms with Crippen LogP contribution in [-0.2, 0) is 20.9 Å². The summed E-state index contributed by atoms with van der Waals surface area (Å²) in [6.07, 6.45) is 3.62. The number of aromatic nitrogens is 1. The van der Waals surface area contributed by atoms with E-state index in [0.717, 1.165) is 48.3 Å². The molecule has 48 heavy (non-hydrogen) atoms. The molecule has 1 spiro atoms. The van der Waals surface area contributed by atoms with Crippen molar-refractivity contribution >= 4 is 23.2 Å². The number of benzene rings is 3. The fourth-order valence-corrected chi connectivity index (χ4v) is 7.14. The van der Waals surface area contributed by atoms with Crippen molar-refractivity contribution in [1.82, 2.24) is 15.2 Å². The third kappa shape index (κ3) is 6.44. The molecule has 4 heterocycles. The first-order valence-corrected chi connectivity index (χ1v) is 16.6. The SMILES string of the molecule is C[C@H]1[C@@H](CN2CCC3(CC2)C(=O)NCN3c2ccccc2)O[C@@H](c2ccc(NC(=O)c3cccnc3)cc2)O[C@H]1c1ccc(CO)cc1. The molecule has 3 aliphatic heterocycles. The number of ether oxygens (including phenoxy) is 2. The summed E-state index contributed by atoms with van der Waals surface area (Å²) in [4.78, 5) is 34.6. The number of anilines is 2. The molecular weight excluding hydrogens is 606 g/mol. The van der Waals surface area contributed by atoms with Gasteiger partial charge in [-0.3, -0.25) is 14.6 Å². The standard InChI is InChI=1S/C38H41N5O5/c1-26-33(23-42-20-17-38(18-21-42)37(46)40-25-43(38)32-7-3-2-4-8-32)47-36(48-34(26)28-11-9-27(24-44)10-12-28)29-13-15-31(16-14-29)41-35(45)30-6-5-19-39-22-30/h2-16,19,22,26,33-34,36,44H,17-18,20-21,23-25H2,1H3,(H,40,46)(H,41,45)/t26-,33+,34+,36+/m0/s1. The van der Waals surface area contributed by atoms with Crippen LogP contribution in [0.3, 0.4) is 0 Å². The number of nitrogens with zero attached hydrogens (tertiary/aromatic N) is 3. The summed E-state index contributed by atoms with van der Waals surface area (Å²) >= 11 is 0. The summed E-state index contributed by atoms with van der Waals surface area (Å²) in [6.45, 7) is 4.92. The number of likely N-dealkylation sites (tertiary alicyclic amines) is 1. The van der Waals surface area contributed by atoms with Crippen molar-refractivity contribution in [2.75, 3.05) is 36.5 Å². The second-order valence-corrected chi connectivity index (χ2v) is 12.9. The van der Waals surface area contributed by atoms with E-state index in [2.05, 4.69) is 44.5 Å². The average molecular weight is 648 g/mol. The highest BCUT2D eigenvalue weighted by atomic mass is 16.7. The first-order valence-electron chi connectivity index (χ1n) is 16.6. The van der Waals surface area contributed by atoms with Crippen LogP contribution < -0.4 is 15.5 Å². The Labute approximate surface area is 280 Å². The van der Waals surface area contributed by atoms with Gasteiger partial charge in [0.15, 0.2) is 6.29 Å². The highest BCUT2D eigenvalue weighted by molar-refractivity contribution is 6.04. The van der Waals surface area contributed by atoms with Crippen molar-refractivity contribution in [2.24, 2.45) is 5.92 Å². The predicted molar refractivity (Wildman–Crippen MR) is 182 cm³/mol. The topological polar surface area (TPSA) is 116 Å². The lowest BCUT2D eigenvalue weighted by atomic mass is 9.84. The van der Waals surface area contributed by atoms with E-state index in [-0.39, 0.29) is 36.5 Å². The van der Waals surface area contributed by atoms with Gasteiger partial charge < -0.3 is 35.0 Å². The normalized spacial score (nSPS) is 24.0. The van der Waals surface area contributed by atoms with Crippen LogP contribution in [0.1, 0.15) is 59.2 Å². The summed E-state index contributed by atoms with van der Waals surface area (Å²) in [7, 11) is 0. The number of hydrogen-bond acceptors (Lipinski definition) is 8. The lowest BCUT2D eigenvalue weighted by Gasteiger charge is -2.46. The Hall–Kier alpha value is -4.61. The Morgan fingerprint density at radius 2 is 1.69 bits per heavy atom. The maximum atomic E-state index is 13.2. The molecule has 0 saturated carbocycles. The van der Waals surface area contributed by atoms with Crippen LogP contribution in [0.4, 0.5) is 11.4 Å². The van der Waals surface area contributed by atoms with Crippen LogP contribution in [0, 0.1) is 5.92 Å². The van der Waals surface area contributed by atoms with Crippen LogP contribution in [0.2, 0.25) is 0 Å². The van der Waals surface area contributed by atoms with Crippen LogP contribution in [0.5, 0.6) is 0 Å². The molecule has 4 aromatic rings. The lowest BCUT2D eigenvalue weighted by molar-refractivity contribution is -0.276. The maximum Gasteiger partial charge on any atom is 0.257 e. The molecule has 0 unspecified atom stereocenters. The summed E-state index contributed by atoms with van der Waals surface area (Å²) in [5, 5.41) is 15.6. The summed E-state index contributed by atoms with van der Waals surface area (Å²) in [5.41, 5.74) is 4.38. The number of para-hydroxylation sites is 1. The number of amides is 2. The number of carbonyl (C=O) groups excluding carboxylic acids is 2. The Balaban J connectivity index is 1.07. The fourth-order valence-electron chi connectivity index (χ4n) is 7.14. The molecule has 0 radical (unpaired) electrons. The van der Waals surface area contributed by atoms with Crippen LogP contribution >= 0.6 is 0 Å². The van der Waals surface area contributed by atoms with Crippen molar-refractivity contribution in [1.29, 1.82) is 0 Å². The summed E-state index contributed by atoms with van der Waals surface area (Å²) in [6, 6.07) is 29.1. The molecule has 7 rings (SSSR count). The van der Waals surface area contributed by atoms with Gasteiger partial charge in [0, 0.05) is 54.9 Å². The van der Waals surface area contributed by atoms with Crippen molar-refractivity contribution < 1.29 is 24.2 Å². The second-order valence-electron chi connectivity index (χ2n) is 12.9. The van der Waals surface area contributed by atoms with E-state index in [4.69, 9.17) is 9.47 Å². The Kier molecular flexibility index (Phi) is 9.23. The monoisotopic (exact) mass is 647 g/mol. The molecule has 4 atom stereocenters. The van der Waals surface area contributed by atoms with E-state index in [0.29, 0.717) is 24.5 Å². The predicted octanol–water partition coefficient (Wildman–Crippen LogP) is 5.05. The Morgan fingerprint density at radius 1 is 0.958 bits per heavy atom. The van der Waals surface area contributed by atoms with Gasteiger partial charge in [-0.15, -0.1) is 0 Å². The minimum atomic E-state index is -0.623. The Bertz CT molecular complexity index is 1700. The molecule has 3 N–H and O–H groups in total. The molecule has 248 valence electrons. The van der Waals surface area contributed by atoms with E-state index in [1.165, 1.54) is 6.20 Å². The van der Waals surface area contributed by atoms with Crippen molar-refractivity contribution in [3.63, 3.8) is 0 Å². The average Bonchev–Trinajstić information content (AvgIpc) is 3.45. The first-order chi connectivity index (χ1) is 23.4. The largest absolute Gasteiger partial charge is 0.392 e. The Morgan fingerprint density at radius 3 is 2.38 bits per heavy atom. The smallest absolute Gasteiger partial charge is 0.257 e. The zero-order valence-corrected chi connectivity index (χ0v) is 27.0. The minimum absolute atomic E-state index is 0.0183. The molecule has 0 bridgehead atoms. The van der Waals surface area contributed by atoms with Gasteiger partial charge in [-0.05, 0) is 60.4 Å². The molecule has 3 fully saturated rings. The van der Waals surface area contributed by atoms with Gasteiger partial charge in [0.1, 0.15) is 5.54 Å². The van der Waals surface area contributed by atoms with E-state index in [1.54, 1.807) is 18.3 Å². The zero-order valence-electron chi connectivity index (χ0n) is 27.0. The fraction of sp³-hybridized carbons (Fsp3) is 0.342. The van der Waals surface area contributed by atoms with Crippen LogP contribution in [-0.4, -0.2) is 64.8 Å². The number of nitrogens with one attached hydrogen (secondary N) is 2. The van der Waals surface area contributed by atoms with Gasteiger partial charge in [-0.2, -0.15) is 0 Å². The quantitative estimate of drug-likeness (QED) is 0.244. The van der Waals surface area contributed by atoms with Crippen LogP contribution in [0.15, 0.2) is 103 Å². The van der Waals surface area contributed by atoms with E-state index in [9.17, 15) is 14.7 Å². The molecule has 3 aliphatic rings. The summed E-state index contributed by atoms with van der Waals surface area (Å²) in [5.74, 6) is -0.0921. The van der Waals surface area contributed by atoms with Crippen molar-refractivity contribution in [3.8, 4) is 0 Å². The van der Waals surface area contributed by atoms with E-state index < -0.39 is 11.8 Å². The van der Waals surface area contributed by atoms with Crippen LogP contribution in [0.25, 0.3) is 0 Å². The number of pyridine rings is 1. The number of hydrogen-bond donors (Lipinski definition) is 3. The van der Waals surface area contributed by atoms with Crippen molar-refractivity contribution in [3.05, 3.63) is 126 Å². The van der Waals surface area contributed by atoms with Crippen molar-refractivity contribution in [2.45, 2.75) is 50.4 Å². The molecular formula is C38H41N5O5. The summed E-state index contributed by atoms with van der Waals surface area (Å²) < 4.78 is 13.4. The maximum absolute atomic E-state index is 13.2. The minimum Gasteiger partial charge on any atom is -0.392 e. The molecule has 10 heteroatoms. The van der Waals surface area contributed by atoms with Gasteiger partial charge in [-0.1, -0.05) is 61.5 Å². The number of aliphatic hydroxyl groups excluding tert-OH is 1. The molecule has 0 aliphatic carbocycles. The highest BCUT2D eigenvalue weighted by Gasteiger charge is 2.51. The second kappa shape index (κ2) is 13.9. The number of carbonyl (C=O) groups is 2. The molecule has 1 aromatic heterocycles. The van der Waals surface area contributed by atoms with E-state index in [1.807, 2.05) is 66.7 Å². The molecule has 10 nitrogen and oxygen atoms in total. The zero-order chi connectivity index (χ0) is 33.1. The van der Waals surface area contributed by atoms with Gasteiger partial charge in [0.2, 0.25) is 5.91 Å². The molecule has 2 amide bonds. The number of rotatable bonds is 8. The molecule has 3 aromatic carbocycles. The number of aliphatic hydroxyl groups is 1.